The quantitative estimate of drug-likeness (QED) is 0.661. The Kier molecular flexibility index (Phi) is 3.13. The molecule has 0 N–H and O–H groups in total. The van der Waals surface area contributed by atoms with Crippen LogP contribution in [0.25, 0.3) is 0 Å². The molecule has 2 aliphatic heterocycles. The number of ether oxygens (including phenoxy) is 1. The van der Waals surface area contributed by atoms with Crippen LogP contribution >= 0.6 is 0 Å². The molecule has 0 aromatic heterocycles. The molecule has 0 bridgehead atoms. The van der Waals surface area contributed by atoms with Gasteiger partial charge in [-0.15, -0.1) is 0 Å². The molecule has 0 aromatic carbocycles. The summed E-state index contributed by atoms with van der Waals surface area (Å²) in [5.74, 6) is 0. The zero-order valence-electron chi connectivity index (χ0n) is 11.2. The summed E-state index contributed by atoms with van der Waals surface area (Å²) in [5, 5.41) is 0. The van der Waals surface area contributed by atoms with Gasteiger partial charge in [0.2, 0.25) is 0 Å². The molecule has 2 saturated heterocycles. The molecule has 1 unspecified atom stereocenters. The highest BCUT2D eigenvalue weighted by Crippen LogP contribution is 2.40. The minimum Gasteiger partial charge on any atom is -0.398 e. The number of rotatable bonds is 1. The Morgan fingerprint density at radius 1 is 1.24 bits per heavy atom. The van der Waals surface area contributed by atoms with E-state index in [1.165, 1.54) is 0 Å². The van der Waals surface area contributed by atoms with Gasteiger partial charge in [0.05, 0.1) is 23.9 Å². The summed E-state index contributed by atoms with van der Waals surface area (Å²) in [5.41, 5.74) is -0.645. The summed E-state index contributed by atoms with van der Waals surface area (Å²) in [6, 6.07) is 0. The lowest BCUT2D eigenvalue weighted by atomic mass is 9.83. The second-order valence-corrected chi connectivity index (χ2v) is 5.72. The highest BCUT2D eigenvalue weighted by molar-refractivity contribution is 6.53. The normalized spacial score (nSPS) is 34.2. The topological polar surface area (TPSA) is 27.7 Å². The van der Waals surface area contributed by atoms with Crippen molar-refractivity contribution in [1.82, 2.24) is 0 Å². The predicted molar refractivity (Wildman–Crippen MR) is 64.2 cm³/mol. The smallest absolute Gasteiger partial charge is 0.398 e. The third kappa shape index (κ3) is 2.16. The molecule has 17 heavy (non-hydrogen) atoms. The minimum absolute atomic E-state index is 0.172. The van der Waals surface area contributed by atoms with Crippen molar-refractivity contribution in [1.29, 1.82) is 0 Å². The van der Waals surface area contributed by atoms with E-state index in [0.29, 0.717) is 18.6 Å². The Bertz CT molecular complexity index is 336. The lowest BCUT2D eigenvalue weighted by Gasteiger charge is -2.32. The first-order valence-electron chi connectivity index (χ1n) is 6.10. The van der Waals surface area contributed by atoms with E-state index in [1.807, 2.05) is 34.6 Å². The van der Waals surface area contributed by atoms with Crippen LogP contribution in [-0.4, -0.2) is 31.0 Å². The fourth-order valence-corrected chi connectivity index (χ4v) is 2.06. The van der Waals surface area contributed by atoms with E-state index in [0.717, 1.165) is 0 Å². The highest BCUT2D eigenvalue weighted by atomic mass is 19.1. The molecule has 5 heteroatoms. The van der Waals surface area contributed by atoms with Crippen LogP contribution in [0, 0.1) is 0 Å². The standard InChI is InChI=1S/C12H20BFO3/c1-8-9(6-7-15-8)10(14)13-16-11(2,3)12(4,5)17-13/h8H,6-7H2,1-5H3. The molecule has 0 radical (unpaired) electrons. The third-order valence-corrected chi connectivity index (χ3v) is 4.00. The Balaban J connectivity index is 2.21. The van der Waals surface area contributed by atoms with Crippen LogP contribution in [0.5, 0.6) is 0 Å². The lowest BCUT2D eigenvalue weighted by Crippen LogP contribution is -2.41. The van der Waals surface area contributed by atoms with Crippen molar-refractivity contribution in [3.8, 4) is 0 Å². The van der Waals surface area contributed by atoms with Crippen LogP contribution in [0.3, 0.4) is 0 Å². The van der Waals surface area contributed by atoms with Crippen molar-refractivity contribution in [2.75, 3.05) is 6.61 Å². The predicted octanol–water partition coefficient (Wildman–Crippen LogP) is 2.65. The molecular weight excluding hydrogens is 222 g/mol. The minimum atomic E-state index is -0.890. The first-order valence-corrected chi connectivity index (χ1v) is 6.10. The largest absolute Gasteiger partial charge is 0.525 e. The maximum Gasteiger partial charge on any atom is 0.525 e. The SMILES string of the molecule is CC1OCCC1=C(F)B1OC(C)(C)C(C)(C)O1. The van der Waals surface area contributed by atoms with Gasteiger partial charge in [-0.3, -0.25) is 0 Å². The maximum atomic E-state index is 14.3. The van der Waals surface area contributed by atoms with Crippen molar-refractivity contribution < 1.29 is 18.4 Å². The summed E-state index contributed by atoms with van der Waals surface area (Å²) in [6.07, 6.45) is 0.450. The monoisotopic (exact) mass is 242 g/mol. The van der Waals surface area contributed by atoms with E-state index in [4.69, 9.17) is 14.0 Å². The second kappa shape index (κ2) is 4.07. The Hall–Kier alpha value is -0.385. The van der Waals surface area contributed by atoms with Crippen LogP contribution in [0.2, 0.25) is 0 Å². The van der Waals surface area contributed by atoms with Crippen molar-refractivity contribution >= 4 is 7.12 Å². The van der Waals surface area contributed by atoms with Crippen molar-refractivity contribution in [2.45, 2.75) is 58.3 Å². The van der Waals surface area contributed by atoms with E-state index in [9.17, 15) is 4.39 Å². The van der Waals surface area contributed by atoms with Gasteiger partial charge in [-0.1, -0.05) is 0 Å². The molecule has 96 valence electrons. The summed E-state index contributed by atoms with van der Waals surface area (Å²) in [7, 11) is -0.890. The zero-order chi connectivity index (χ0) is 12.8. The average Bonchev–Trinajstić information content (AvgIpc) is 2.68. The molecule has 0 aliphatic carbocycles. The summed E-state index contributed by atoms with van der Waals surface area (Å²) < 4.78 is 31.0. The first-order chi connectivity index (χ1) is 7.74. The van der Waals surface area contributed by atoms with Gasteiger partial charge in [-0.05, 0) is 46.6 Å². The fourth-order valence-electron chi connectivity index (χ4n) is 2.06. The van der Waals surface area contributed by atoms with Gasteiger partial charge in [0.1, 0.15) is 5.73 Å². The molecule has 2 fully saturated rings. The Morgan fingerprint density at radius 2 is 1.76 bits per heavy atom. The molecule has 2 rings (SSSR count). The summed E-state index contributed by atoms with van der Waals surface area (Å²) in [4.78, 5) is 0. The molecule has 0 aromatic rings. The molecule has 3 nitrogen and oxygen atoms in total. The number of halogens is 1. The fraction of sp³-hybridized carbons (Fsp3) is 0.833. The van der Waals surface area contributed by atoms with Gasteiger partial charge in [0.15, 0.2) is 0 Å². The molecule has 1 atom stereocenters. The molecular formula is C12H20BFO3. The number of hydrogen-bond acceptors (Lipinski definition) is 3. The second-order valence-electron chi connectivity index (χ2n) is 5.72. The van der Waals surface area contributed by atoms with Crippen LogP contribution in [0.1, 0.15) is 41.0 Å². The van der Waals surface area contributed by atoms with Crippen molar-refractivity contribution in [2.24, 2.45) is 0 Å². The lowest BCUT2D eigenvalue weighted by molar-refractivity contribution is 0.00578. The summed E-state index contributed by atoms with van der Waals surface area (Å²) in [6.45, 7) is 10.1. The molecule has 2 heterocycles. The van der Waals surface area contributed by atoms with Crippen LogP contribution in [0.4, 0.5) is 4.39 Å². The molecule has 0 spiro atoms. The molecule has 0 amide bonds. The molecule has 2 aliphatic rings. The van der Waals surface area contributed by atoms with E-state index in [-0.39, 0.29) is 11.8 Å². The van der Waals surface area contributed by atoms with Crippen LogP contribution in [-0.2, 0) is 14.0 Å². The van der Waals surface area contributed by atoms with Crippen molar-refractivity contribution in [3.05, 3.63) is 11.3 Å². The van der Waals surface area contributed by atoms with E-state index >= 15 is 0 Å². The van der Waals surface area contributed by atoms with Gasteiger partial charge >= 0.3 is 7.12 Å². The van der Waals surface area contributed by atoms with E-state index in [2.05, 4.69) is 0 Å². The van der Waals surface area contributed by atoms with E-state index < -0.39 is 18.3 Å². The Morgan fingerprint density at radius 3 is 2.18 bits per heavy atom. The van der Waals surface area contributed by atoms with Crippen molar-refractivity contribution in [3.63, 3.8) is 0 Å². The van der Waals surface area contributed by atoms with Crippen LogP contribution in [0.15, 0.2) is 11.3 Å². The Labute approximate surface area is 102 Å². The van der Waals surface area contributed by atoms with Gasteiger partial charge < -0.3 is 14.0 Å². The average molecular weight is 242 g/mol. The van der Waals surface area contributed by atoms with Gasteiger partial charge in [0.25, 0.3) is 0 Å². The third-order valence-electron chi connectivity index (χ3n) is 4.00. The first kappa shape index (κ1) is 13.1. The van der Waals surface area contributed by atoms with Gasteiger partial charge in [0, 0.05) is 0 Å². The van der Waals surface area contributed by atoms with Gasteiger partial charge in [-0.25, -0.2) is 4.39 Å². The maximum absolute atomic E-state index is 14.3. The van der Waals surface area contributed by atoms with Crippen LogP contribution < -0.4 is 0 Å². The highest BCUT2D eigenvalue weighted by Gasteiger charge is 2.53. The number of hydrogen-bond donors (Lipinski definition) is 0. The van der Waals surface area contributed by atoms with E-state index in [1.54, 1.807) is 0 Å². The van der Waals surface area contributed by atoms with Gasteiger partial charge in [-0.2, -0.15) is 0 Å². The zero-order valence-corrected chi connectivity index (χ0v) is 11.2. The summed E-state index contributed by atoms with van der Waals surface area (Å²) >= 11 is 0. The molecule has 0 saturated carbocycles.